The fraction of sp³-hybridized carbons (Fsp3) is 0.625. The van der Waals surface area contributed by atoms with Gasteiger partial charge in [-0.25, -0.2) is 0 Å². The lowest BCUT2D eigenvalue weighted by atomic mass is 10.1. The summed E-state index contributed by atoms with van der Waals surface area (Å²) in [4.78, 5) is 2.42. The summed E-state index contributed by atoms with van der Waals surface area (Å²) in [5, 5.41) is 3.42. The van der Waals surface area contributed by atoms with E-state index in [4.69, 9.17) is 4.74 Å². The van der Waals surface area contributed by atoms with Gasteiger partial charge >= 0.3 is 0 Å². The van der Waals surface area contributed by atoms with E-state index in [2.05, 4.69) is 44.0 Å². The zero-order valence-corrected chi connectivity index (χ0v) is 12.8. The maximum Gasteiger partial charge on any atom is 0.122 e. The quantitative estimate of drug-likeness (QED) is 0.694. The minimum Gasteiger partial charge on any atom is -0.492 e. The first-order valence-corrected chi connectivity index (χ1v) is 7.31. The first-order valence-electron chi connectivity index (χ1n) is 7.31. The largest absolute Gasteiger partial charge is 0.492 e. The van der Waals surface area contributed by atoms with Crippen LogP contribution in [0.2, 0.25) is 0 Å². The third kappa shape index (κ3) is 5.62. The summed E-state index contributed by atoms with van der Waals surface area (Å²) in [5.41, 5.74) is 2.53. The highest BCUT2D eigenvalue weighted by Gasteiger charge is 2.01. The second kappa shape index (κ2) is 8.94. The Hall–Kier alpha value is -1.06. The number of likely N-dealkylation sites (N-methyl/N-ethyl adjacent to an activating group) is 1. The summed E-state index contributed by atoms with van der Waals surface area (Å²) in [6, 6.07) is 6.20. The Morgan fingerprint density at radius 2 is 1.84 bits per heavy atom. The Bertz CT molecular complexity index is 362. The number of hydrogen-bond donors (Lipinski definition) is 1. The van der Waals surface area contributed by atoms with Crippen LogP contribution < -0.4 is 10.1 Å². The Morgan fingerprint density at radius 3 is 2.53 bits per heavy atom. The fourth-order valence-electron chi connectivity index (χ4n) is 2.02. The van der Waals surface area contributed by atoms with Gasteiger partial charge < -0.3 is 15.0 Å². The van der Waals surface area contributed by atoms with Gasteiger partial charge in [0.25, 0.3) is 0 Å². The van der Waals surface area contributed by atoms with Crippen LogP contribution in [-0.4, -0.2) is 44.2 Å². The van der Waals surface area contributed by atoms with Crippen molar-refractivity contribution in [1.29, 1.82) is 0 Å². The molecular formula is C16H28N2O. The second-order valence-electron chi connectivity index (χ2n) is 4.82. The number of benzene rings is 1. The van der Waals surface area contributed by atoms with Crippen LogP contribution in [0.15, 0.2) is 18.2 Å². The highest BCUT2D eigenvalue weighted by molar-refractivity contribution is 5.38. The molecule has 1 rings (SSSR count). The van der Waals surface area contributed by atoms with Gasteiger partial charge in [-0.15, -0.1) is 0 Å². The normalized spacial score (nSPS) is 11.0. The molecule has 0 saturated heterocycles. The predicted molar refractivity (Wildman–Crippen MR) is 82.1 cm³/mol. The van der Waals surface area contributed by atoms with Gasteiger partial charge in [0.1, 0.15) is 12.4 Å². The molecule has 0 unspecified atom stereocenters. The van der Waals surface area contributed by atoms with Gasteiger partial charge in [0.15, 0.2) is 0 Å². The zero-order valence-electron chi connectivity index (χ0n) is 12.8. The summed E-state index contributed by atoms with van der Waals surface area (Å²) in [5.74, 6) is 1.01. The highest BCUT2D eigenvalue weighted by atomic mass is 16.5. The van der Waals surface area contributed by atoms with E-state index in [1.165, 1.54) is 11.1 Å². The SMILES string of the molecule is CCN(CC)CCNCCOc1cccc(C)c1C. The molecule has 3 heteroatoms. The molecule has 3 nitrogen and oxygen atoms in total. The van der Waals surface area contributed by atoms with E-state index in [-0.39, 0.29) is 0 Å². The van der Waals surface area contributed by atoms with Crippen molar-refractivity contribution < 1.29 is 4.74 Å². The molecule has 1 aromatic rings. The summed E-state index contributed by atoms with van der Waals surface area (Å²) in [7, 11) is 0. The molecule has 0 atom stereocenters. The van der Waals surface area contributed by atoms with E-state index in [0.717, 1.165) is 45.1 Å². The van der Waals surface area contributed by atoms with Gasteiger partial charge in [-0.2, -0.15) is 0 Å². The molecule has 1 N–H and O–H groups in total. The van der Waals surface area contributed by atoms with Crippen LogP contribution in [-0.2, 0) is 0 Å². The van der Waals surface area contributed by atoms with Gasteiger partial charge in [-0.05, 0) is 44.1 Å². The number of nitrogens with one attached hydrogen (secondary N) is 1. The minimum absolute atomic E-state index is 0.725. The molecule has 1 aromatic carbocycles. The summed E-state index contributed by atoms with van der Waals surface area (Å²) >= 11 is 0. The van der Waals surface area contributed by atoms with E-state index >= 15 is 0 Å². The number of rotatable bonds is 9. The van der Waals surface area contributed by atoms with Crippen molar-refractivity contribution in [3.05, 3.63) is 29.3 Å². The Morgan fingerprint density at radius 1 is 1.11 bits per heavy atom. The Balaban J connectivity index is 2.16. The molecule has 19 heavy (non-hydrogen) atoms. The van der Waals surface area contributed by atoms with Crippen molar-refractivity contribution in [1.82, 2.24) is 10.2 Å². The lowest BCUT2D eigenvalue weighted by molar-refractivity contribution is 0.285. The van der Waals surface area contributed by atoms with Gasteiger partial charge in [0.2, 0.25) is 0 Å². The zero-order chi connectivity index (χ0) is 14.1. The van der Waals surface area contributed by atoms with Crippen LogP contribution in [0.3, 0.4) is 0 Å². The molecular weight excluding hydrogens is 236 g/mol. The first kappa shape index (κ1) is 16.0. The predicted octanol–water partition coefficient (Wildman–Crippen LogP) is 2.61. The van der Waals surface area contributed by atoms with Crippen LogP contribution in [0.4, 0.5) is 0 Å². The lowest BCUT2D eigenvalue weighted by Gasteiger charge is -2.18. The first-order chi connectivity index (χ1) is 9.19. The van der Waals surface area contributed by atoms with Gasteiger partial charge in [-0.1, -0.05) is 26.0 Å². The van der Waals surface area contributed by atoms with Crippen LogP contribution >= 0.6 is 0 Å². The van der Waals surface area contributed by atoms with E-state index in [0.29, 0.717) is 0 Å². The smallest absolute Gasteiger partial charge is 0.122 e. The average molecular weight is 264 g/mol. The standard InChI is InChI=1S/C16H28N2O/c1-5-18(6-2)12-10-17-11-13-19-16-9-7-8-14(3)15(16)4/h7-9,17H,5-6,10-13H2,1-4H3. The van der Waals surface area contributed by atoms with Crippen molar-refractivity contribution >= 4 is 0 Å². The highest BCUT2D eigenvalue weighted by Crippen LogP contribution is 2.20. The number of aryl methyl sites for hydroxylation is 1. The van der Waals surface area contributed by atoms with Crippen molar-refractivity contribution in [3.63, 3.8) is 0 Å². The van der Waals surface area contributed by atoms with Gasteiger partial charge in [-0.3, -0.25) is 0 Å². The lowest BCUT2D eigenvalue weighted by Crippen LogP contribution is -2.33. The van der Waals surface area contributed by atoms with E-state index in [1.54, 1.807) is 0 Å². The number of hydrogen-bond acceptors (Lipinski definition) is 3. The third-order valence-electron chi connectivity index (χ3n) is 3.59. The molecule has 0 radical (unpaired) electrons. The summed E-state index contributed by atoms with van der Waals surface area (Å²) in [6.07, 6.45) is 0. The van der Waals surface area contributed by atoms with Crippen molar-refractivity contribution in [2.45, 2.75) is 27.7 Å². The minimum atomic E-state index is 0.725. The number of ether oxygens (including phenoxy) is 1. The summed E-state index contributed by atoms with van der Waals surface area (Å²) in [6.45, 7) is 14.6. The van der Waals surface area contributed by atoms with E-state index in [9.17, 15) is 0 Å². The topological polar surface area (TPSA) is 24.5 Å². The fourth-order valence-corrected chi connectivity index (χ4v) is 2.02. The third-order valence-corrected chi connectivity index (χ3v) is 3.59. The summed E-state index contributed by atoms with van der Waals surface area (Å²) < 4.78 is 5.80. The molecule has 0 heterocycles. The molecule has 0 aliphatic carbocycles. The molecule has 0 saturated carbocycles. The molecule has 0 spiro atoms. The van der Waals surface area contributed by atoms with Crippen molar-refractivity contribution in [2.75, 3.05) is 39.3 Å². The van der Waals surface area contributed by atoms with Gasteiger partial charge in [0, 0.05) is 19.6 Å². The Labute approximate surface area is 118 Å². The molecule has 0 aliphatic heterocycles. The molecule has 108 valence electrons. The second-order valence-corrected chi connectivity index (χ2v) is 4.82. The monoisotopic (exact) mass is 264 g/mol. The van der Waals surface area contributed by atoms with Crippen LogP contribution in [0.25, 0.3) is 0 Å². The van der Waals surface area contributed by atoms with Crippen molar-refractivity contribution in [2.24, 2.45) is 0 Å². The molecule has 0 amide bonds. The van der Waals surface area contributed by atoms with Crippen LogP contribution in [0.1, 0.15) is 25.0 Å². The maximum atomic E-state index is 5.80. The van der Waals surface area contributed by atoms with E-state index in [1.807, 2.05) is 12.1 Å². The maximum absolute atomic E-state index is 5.80. The molecule has 0 aliphatic rings. The number of nitrogens with zero attached hydrogens (tertiary/aromatic N) is 1. The van der Waals surface area contributed by atoms with Gasteiger partial charge in [0.05, 0.1) is 0 Å². The molecule has 0 bridgehead atoms. The molecule has 0 fully saturated rings. The van der Waals surface area contributed by atoms with E-state index < -0.39 is 0 Å². The molecule has 0 aromatic heterocycles. The van der Waals surface area contributed by atoms with Crippen LogP contribution in [0.5, 0.6) is 5.75 Å². The Kier molecular flexibility index (Phi) is 7.53. The van der Waals surface area contributed by atoms with Crippen LogP contribution in [0, 0.1) is 13.8 Å². The average Bonchev–Trinajstić information content (AvgIpc) is 2.42. The van der Waals surface area contributed by atoms with Crippen molar-refractivity contribution in [3.8, 4) is 5.75 Å².